The molecule has 2 nitrogen and oxygen atoms in total. The quantitative estimate of drug-likeness (QED) is 0.644. The standard InChI is InChI=1S/C7H7NOS/c9-7(10)4-6-2-1-3-8-5-6/h1-3,5H,4H2,(H,9,10). The fourth-order valence-electron chi connectivity index (χ4n) is 0.677. The van der Waals surface area contributed by atoms with Crippen LogP contribution in [0.4, 0.5) is 0 Å². The number of rotatable bonds is 2. The van der Waals surface area contributed by atoms with Crippen LogP contribution >= 0.6 is 12.6 Å². The summed E-state index contributed by atoms with van der Waals surface area (Å²) >= 11 is 3.64. The smallest absolute Gasteiger partial charge is 0.190 e. The first-order valence-electron chi connectivity index (χ1n) is 2.90. The average molecular weight is 153 g/mol. The van der Waals surface area contributed by atoms with Crippen LogP contribution in [-0.4, -0.2) is 10.1 Å². The molecular weight excluding hydrogens is 146 g/mol. The average Bonchev–Trinajstić information content (AvgIpc) is 1.88. The van der Waals surface area contributed by atoms with Crippen LogP contribution in [0.15, 0.2) is 24.5 Å². The predicted molar refractivity (Wildman–Crippen MR) is 41.9 cm³/mol. The van der Waals surface area contributed by atoms with Gasteiger partial charge in [0, 0.05) is 18.8 Å². The van der Waals surface area contributed by atoms with Crippen molar-refractivity contribution in [2.75, 3.05) is 0 Å². The predicted octanol–water partition coefficient (Wildman–Crippen LogP) is 1.08. The Balaban J connectivity index is 2.67. The highest BCUT2D eigenvalue weighted by Crippen LogP contribution is 1.98. The second kappa shape index (κ2) is 3.37. The SMILES string of the molecule is O=C(S)Cc1cccnc1. The van der Waals surface area contributed by atoms with Crippen LogP contribution < -0.4 is 0 Å². The number of thiol groups is 1. The molecule has 0 bridgehead atoms. The first-order valence-corrected chi connectivity index (χ1v) is 3.34. The molecule has 10 heavy (non-hydrogen) atoms. The topological polar surface area (TPSA) is 30.0 Å². The number of nitrogens with zero attached hydrogens (tertiary/aromatic N) is 1. The molecule has 0 aliphatic rings. The van der Waals surface area contributed by atoms with Crippen LogP contribution in [0, 0.1) is 0 Å². The Labute approximate surface area is 64.7 Å². The maximum Gasteiger partial charge on any atom is 0.190 e. The lowest BCUT2D eigenvalue weighted by atomic mass is 10.2. The van der Waals surface area contributed by atoms with E-state index < -0.39 is 0 Å². The van der Waals surface area contributed by atoms with E-state index in [1.54, 1.807) is 18.5 Å². The molecule has 0 aromatic carbocycles. The maximum absolute atomic E-state index is 10.4. The molecule has 0 spiro atoms. The molecule has 0 amide bonds. The molecule has 52 valence electrons. The van der Waals surface area contributed by atoms with Crippen molar-refractivity contribution in [2.45, 2.75) is 6.42 Å². The van der Waals surface area contributed by atoms with E-state index in [2.05, 4.69) is 17.6 Å². The van der Waals surface area contributed by atoms with Crippen molar-refractivity contribution in [3.05, 3.63) is 30.1 Å². The minimum Gasteiger partial charge on any atom is -0.287 e. The van der Waals surface area contributed by atoms with Crippen molar-refractivity contribution < 1.29 is 4.79 Å². The summed E-state index contributed by atoms with van der Waals surface area (Å²) in [6.07, 6.45) is 3.69. The van der Waals surface area contributed by atoms with Gasteiger partial charge in [0.2, 0.25) is 0 Å². The highest BCUT2D eigenvalue weighted by Gasteiger charge is 1.95. The van der Waals surface area contributed by atoms with E-state index in [4.69, 9.17) is 0 Å². The van der Waals surface area contributed by atoms with Gasteiger partial charge in [-0.25, -0.2) is 0 Å². The largest absolute Gasteiger partial charge is 0.287 e. The van der Waals surface area contributed by atoms with E-state index in [1.165, 1.54) is 0 Å². The van der Waals surface area contributed by atoms with E-state index in [0.29, 0.717) is 6.42 Å². The summed E-state index contributed by atoms with van der Waals surface area (Å²) in [5.41, 5.74) is 0.905. The lowest BCUT2D eigenvalue weighted by Crippen LogP contribution is -1.92. The van der Waals surface area contributed by atoms with Crippen LogP contribution in [0.3, 0.4) is 0 Å². The van der Waals surface area contributed by atoms with Crippen LogP contribution in [0.5, 0.6) is 0 Å². The normalized spacial score (nSPS) is 9.30. The molecule has 0 radical (unpaired) electrons. The third kappa shape index (κ3) is 2.19. The van der Waals surface area contributed by atoms with Gasteiger partial charge in [0.15, 0.2) is 5.12 Å². The van der Waals surface area contributed by atoms with Gasteiger partial charge in [-0.1, -0.05) is 6.07 Å². The zero-order valence-electron chi connectivity index (χ0n) is 5.32. The summed E-state index contributed by atoms with van der Waals surface area (Å²) in [7, 11) is 0. The Kier molecular flexibility index (Phi) is 2.45. The van der Waals surface area contributed by atoms with Crippen molar-refractivity contribution >= 4 is 17.7 Å². The molecule has 3 heteroatoms. The Morgan fingerprint density at radius 3 is 3.00 bits per heavy atom. The summed E-state index contributed by atoms with van der Waals surface area (Å²) in [6.45, 7) is 0. The number of pyridine rings is 1. The first kappa shape index (κ1) is 7.28. The lowest BCUT2D eigenvalue weighted by molar-refractivity contribution is -0.110. The lowest BCUT2D eigenvalue weighted by Gasteiger charge is -1.92. The Hall–Kier alpha value is -0.830. The Morgan fingerprint density at radius 1 is 1.70 bits per heavy atom. The number of carbonyl (C=O) groups excluding carboxylic acids is 1. The fraction of sp³-hybridized carbons (Fsp3) is 0.143. The zero-order valence-corrected chi connectivity index (χ0v) is 6.21. The summed E-state index contributed by atoms with van der Waals surface area (Å²) < 4.78 is 0. The third-order valence-corrected chi connectivity index (χ3v) is 1.24. The Morgan fingerprint density at radius 2 is 2.50 bits per heavy atom. The van der Waals surface area contributed by atoms with Crippen molar-refractivity contribution in [2.24, 2.45) is 0 Å². The second-order valence-corrected chi connectivity index (χ2v) is 2.43. The van der Waals surface area contributed by atoms with Crippen LogP contribution in [0.1, 0.15) is 5.56 Å². The van der Waals surface area contributed by atoms with Gasteiger partial charge in [0.25, 0.3) is 0 Å². The van der Waals surface area contributed by atoms with E-state index >= 15 is 0 Å². The molecule has 0 fully saturated rings. The van der Waals surface area contributed by atoms with Crippen LogP contribution in [0.25, 0.3) is 0 Å². The summed E-state index contributed by atoms with van der Waals surface area (Å²) in [5.74, 6) is 0. The van der Waals surface area contributed by atoms with Crippen molar-refractivity contribution in [1.29, 1.82) is 0 Å². The number of aromatic nitrogens is 1. The van der Waals surface area contributed by atoms with Gasteiger partial charge in [-0.3, -0.25) is 9.78 Å². The molecule has 1 heterocycles. The monoisotopic (exact) mass is 153 g/mol. The van der Waals surface area contributed by atoms with Gasteiger partial charge in [-0.2, -0.15) is 0 Å². The van der Waals surface area contributed by atoms with E-state index in [-0.39, 0.29) is 5.12 Å². The van der Waals surface area contributed by atoms with E-state index in [0.717, 1.165) is 5.56 Å². The van der Waals surface area contributed by atoms with Gasteiger partial charge in [-0.05, 0) is 11.6 Å². The third-order valence-electron chi connectivity index (χ3n) is 1.08. The summed E-state index contributed by atoms with van der Waals surface area (Å²) in [5, 5.41) is -0.131. The highest BCUT2D eigenvalue weighted by atomic mass is 32.1. The molecule has 0 atom stereocenters. The fourth-order valence-corrected chi connectivity index (χ4v) is 0.860. The molecule has 0 unspecified atom stereocenters. The highest BCUT2D eigenvalue weighted by molar-refractivity contribution is 7.96. The van der Waals surface area contributed by atoms with Crippen molar-refractivity contribution in [3.63, 3.8) is 0 Å². The van der Waals surface area contributed by atoms with Crippen LogP contribution in [-0.2, 0) is 11.2 Å². The van der Waals surface area contributed by atoms with Crippen LogP contribution in [0.2, 0.25) is 0 Å². The maximum atomic E-state index is 10.4. The molecular formula is C7H7NOS. The van der Waals surface area contributed by atoms with Gasteiger partial charge in [0.1, 0.15) is 0 Å². The number of hydrogen-bond donors (Lipinski definition) is 1. The summed E-state index contributed by atoms with van der Waals surface area (Å²) in [4.78, 5) is 14.3. The molecule has 0 saturated carbocycles. The minimum absolute atomic E-state index is 0.131. The molecule has 0 N–H and O–H groups in total. The van der Waals surface area contributed by atoms with Crippen molar-refractivity contribution in [1.82, 2.24) is 4.98 Å². The first-order chi connectivity index (χ1) is 4.79. The molecule has 0 saturated heterocycles. The van der Waals surface area contributed by atoms with Crippen molar-refractivity contribution in [3.8, 4) is 0 Å². The van der Waals surface area contributed by atoms with Gasteiger partial charge in [0.05, 0.1) is 0 Å². The van der Waals surface area contributed by atoms with E-state index in [1.807, 2.05) is 6.07 Å². The molecule has 1 aromatic heterocycles. The Bertz CT molecular complexity index is 222. The zero-order chi connectivity index (χ0) is 7.40. The number of hydrogen-bond acceptors (Lipinski definition) is 2. The molecule has 0 aliphatic carbocycles. The van der Waals surface area contributed by atoms with E-state index in [9.17, 15) is 4.79 Å². The molecule has 1 aromatic rings. The minimum atomic E-state index is -0.131. The number of carbonyl (C=O) groups is 1. The van der Waals surface area contributed by atoms with Gasteiger partial charge < -0.3 is 0 Å². The molecule has 1 rings (SSSR count). The molecule has 0 aliphatic heterocycles. The van der Waals surface area contributed by atoms with Gasteiger partial charge >= 0.3 is 0 Å². The van der Waals surface area contributed by atoms with Gasteiger partial charge in [-0.15, -0.1) is 12.6 Å². The second-order valence-electron chi connectivity index (χ2n) is 1.93. The summed E-state index contributed by atoms with van der Waals surface area (Å²) in [6, 6.07) is 3.65.